The summed E-state index contributed by atoms with van der Waals surface area (Å²) in [4.78, 5) is 28.6. The fourth-order valence-corrected chi connectivity index (χ4v) is 6.19. The molecule has 3 rings (SSSR count). The molecule has 1 amide bonds. The number of nitrogens with one attached hydrogen (secondary N) is 2. The van der Waals surface area contributed by atoms with E-state index in [2.05, 4.69) is 15.0 Å². The van der Waals surface area contributed by atoms with Gasteiger partial charge in [0, 0.05) is 18.5 Å². The Labute approximate surface area is 235 Å². The lowest BCUT2D eigenvalue weighted by atomic mass is 9.94. The van der Waals surface area contributed by atoms with Gasteiger partial charge in [0.05, 0.1) is 12.0 Å². The maximum atomic E-state index is 13.3. The summed E-state index contributed by atoms with van der Waals surface area (Å²) in [6.45, 7) is 9.43. The number of benzene rings is 2. The molecular weight excluding hydrogens is 536 g/mol. The number of ether oxygens (including phenoxy) is 3. The van der Waals surface area contributed by atoms with E-state index in [1.165, 1.54) is 7.11 Å². The van der Waals surface area contributed by atoms with Gasteiger partial charge in [-0.25, -0.2) is 22.7 Å². The Hall–Kier alpha value is -3.80. The lowest BCUT2D eigenvalue weighted by Crippen LogP contribution is -2.42. The van der Waals surface area contributed by atoms with Crippen LogP contribution in [0.15, 0.2) is 40.2 Å². The molecule has 0 saturated heterocycles. The van der Waals surface area contributed by atoms with E-state index in [0.29, 0.717) is 24.0 Å². The molecular formula is C28H38N4O7S. The lowest BCUT2D eigenvalue weighted by Gasteiger charge is -2.19. The van der Waals surface area contributed by atoms with Gasteiger partial charge in [0.1, 0.15) is 24.0 Å². The van der Waals surface area contributed by atoms with Crippen molar-refractivity contribution < 1.29 is 32.2 Å². The first-order chi connectivity index (χ1) is 18.8. The molecule has 0 fully saturated rings. The van der Waals surface area contributed by atoms with Gasteiger partial charge in [-0.2, -0.15) is 0 Å². The molecule has 0 saturated carbocycles. The van der Waals surface area contributed by atoms with Crippen LogP contribution in [-0.4, -0.2) is 51.7 Å². The first-order valence-corrected chi connectivity index (χ1v) is 14.4. The summed E-state index contributed by atoms with van der Waals surface area (Å²) < 4.78 is 45.0. The predicted molar refractivity (Wildman–Crippen MR) is 151 cm³/mol. The number of nitrogens with two attached hydrogens (primary N) is 1. The molecule has 0 bridgehead atoms. The zero-order valence-corrected chi connectivity index (χ0v) is 24.6. The second-order valence-corrected chi connectivity index (χ2v) is 12.0. The molecule has 12 heteroatoms. The van der Waals surface area contributed by atoms with Crippen LogP contribution in [0.3, 0.4) is 0 Å². The van der Waals surface area contributed by atoms with E-state index < -0.39 is 33.7 Å². The second kappa shape index (κ2) is 12.6. The summed E-state index contributed by atoms with van der Waals surface area (Å²) in [6, 6.07) is 8.15. The van der Waals surface area contributed by atoms with Crippen LogP contribution in [0.4, 0.5) is 4.79 Å². The highest BCUT2D eigenvalue weighted by Crippen LogP contribution is 2.43. The molecule has 40 heavy (non-hydrogen) atoms. The van der Waals surface area contributed by atoms with Crippen molar-refractivity contribution in [2.45, 2.75) is 77.0 Å². The van der Waals surface area contributed by atoms with Crippen molar-refractivity contribution in [3.05, 3.63) is 58.1 Å². The van der Waals surface area contributed by atoms with Crippen molar-refractivity contribution in [3.8, 4) is 5.75 Å². The standard InChI is InChI=1S/C28H38N4O7S/c1-17-18(2)24(19(3)21-15-28(4,5)39-23(17)21)40(35,36)32-26(29)30-14-10-13-22(25(33)37-6)31-27(34)38-16-20-11-8-7-9-12-20/h7-9,11-12,22H,10,13-16H2,1-6H3,(H,31,34)(H3,29,30,32)/t22-/m1/s1. The van der Waals surface area contributed by atoms with Crippen LogP contribution in [0.25, 0.3) is 0 Å². The van der Waals surface area contributed by atoms with Crippen LogP contribution >= 0.6 is 0 Å². The number of hydrogen-bond donors (Lipinski definition) is 3. The molecule has 2 aromatic carbocycles. The first-order valence-electron chi connectivity index (χ1n) is 12.9. The number of rotatable bonds is 10. The van der Waals surface area contributed by atoms with Gasteiger partial charge < -0.3 is 25.3 Å². The number of guanidine groups is 1. The van der Waals surface area contributed by atoms with Crippen molar-refractivity contribution in [1.29, 1.82) is 0 Å². The van der Waals surface area contributed by atoms with Crippen LogP contribution in [0, 0.1) is 20.8 Å². The average Bonchev–Trinajstić information content (AvgIpc) is 3.23. The Bertz CT molecular complexity index is 1390. The van der Waals surface area contributed by atoms with Crippen LogP contribution in [0.5, 0.6) is 5.75 Å². The van der Waals surface area contributed by atoms with Crippen molar-refractivity contribution >= 4 is 28.0 Å². The SMILES string of the molecule is COC(=O)[C@@H](CCCN=C(N)NS(=O)(=O)c1c(C)c(C)c2c(c1C)CC(C)(C)O2)NC(=O)OCc1ccccc1. The van der Waals surface area contributed by atoms with Crippen molar-refractivity contribution in [2.24, 2.45) is 10.7 Å². The van der Waals surface area contributed by atoms with E-state index in [0.717, 1.165) is 22.4 Å². The van der Waals surface area contributed by atoms with E-state index in [1.807, 2.05) is 51.1 Å². The fourth-order valence-electron chi connectivity index (χ4n) is 4.66. The van der Waals surface area contributed by atoms with E-state index in [4.69, 9.17) is 19.9 Å². The molecule has 0 aliphatic carbocycles. The average molecular weight is 575 g/mol. The van der Waals surface area contributed by atoms with E-state index in [9.17, 15) is 18.0 Å². The highest BCUT2D eigenvalue weighted by molar-refractivity contribution is 7.90. The van der Waals surface area contributed by atoms with Crippen LogP contribution in [0.1, 0.15) is 54.5 Å². The monoisotopic (exact) mass is 574 g/mol. The minimum Gasteiger partial charge on any atom is -0.487 e. The molecule has 11 nitrogen and oxygen atoms in total. The van der Waals surface area contributed by atoms with E-state index in [1.54, 1.807) is 13.8 Å². The molecule has 1 atom stereocenters. The minimum atomic E-state index is -4.03. The summed E-state index contributed by atoms with van der Waals surface area (Å²) in [6.07, 6.45) is 0.314. The third-order valence-corrected chi connectivity index (χ3v) is 8.35. The Morgan fingerprint density at radius 2 is 1.80 bits per heavy atom. The maximum absolute atomic E-state index is 13.3. The molecule has 218 valence electrons. The lowest BCUT2D eigenvalue weighted by molar-refractivity contribution is -0.143. The van der Waals surface area contributed by atoms with Gasteiger partial charge in [-0.05, 0) is 69.7 Å². The summed E-state index contributed by atoms with van der Waals surface area (Å²) in [5, 5.41) is 2.49. The Morgan fingerprint density at radius 1 is 1.12 bits per heavy atom. The van der Waals surface area contributed by atoms with Crippen molar-refractivity contribution in [1.82, 2.24) is 10.0 Å². The van der Waals surface area contributed by atoms with Gasteiger partial charge >= 0.3 is 12.1 Å². The number of alkyl carbamates (subject to hydrolysis) is 1. The topological polar surface area (TPSA) is 158 Å². The van der Waals surface area contributed by atoms with Crippen LogP contribution < -0.4 is 20.5 Å². The number of carbonyl (C=O) groups is 2. The number of sulfonamides is 1. The first kappa shape index (κ1) is 30.7. The largest absolute Gasteiger partial charge is 0.487 e. The number of nitrogens with zero attached hydrogens (tertiary/aromatic N) is 1. The molecule has 0 radical (unpaired) electrons. The summed E-state index contributed by atoms with van der Waals surface area (Å²) >= 11 is 0. The van der Waals surface area contributed by atoms with E-state index >= 15 is 0 Å². The molecule has 4 N–H and O–H groups in total. The van der Waals surface area contributed by atoms with Gasteiger partial charge in [0.2, 0.25) is 5.96 Å². The number of aliphatic imine (C=N–C) groups is 1. The fraction of sp³-hybridized carbons (Fsp3) is 0.464. The summed E-state index contributed by atoms with van der Waals surface area (Å²) in [5.41, 5.74) is 9.15. The summed E-state index contributed by atoms with van der Waals surface area (Å²) in [7, 11) is -2.81. The highest BCUT2D eigenvalue weighted by Gasteiger charge is 2.36. The maximum Gasteiger partial charge on any atom is 0.408 e. The smallest absolute Gasteiger partial charge is 0.408 e. The van der Waals surface area contributed by atoms with Gasteiger partial charge in [-0.3, -0.25) is 4.99 Å². The Morgan fingerprint density at radius 3 is 2.45 bits per heavy atom. The predicted octanol–water partition coefficient (Wildman–Crippen LogP) is 3.17. The van der Waals surface area contributed by atoms with Crippen molar-refractivity contribution in [3.63, 3.8) is 0 Å². The number of carbonyl (C=O) groups excluding carboxylic acids is 2. The van der Waals surface area contributed by atoms with Gasteiger partial charge in [-0.1, -0.05) is 30.3 Å². The number of amides is 1. The van der Waals surface area contributed by atoms with Gasteiger partial charge in [0.15, 0.2) is 0 Å². The molecule has 1 heterocycles. The zero-order valence-electron chi connectivity index (χ0n) is 23.8. The Balaban J connectivity index is 1.60. The molecule has 0 spiro atoms. The molecule has 0 aromatic heterocycles. The van der Waals surface area contributed by atoms with Gasteiger partial charge in [-0.15, -0.1) is 0 Å². The van der Waals surface area contributed by atoms with Gasteiger partial charge in [0.25, 0.3) is 10.0 Å². The van der Waals surface area contributed by atoms with Crippen LogP contribution in [-0.2, 0) is 37.3 Å². The van der Waals surface area contributed by atoms with E-state index in [-0.39, 0.29) is 30.4 Å². The number of esters is 1. The Kier molecular flexibility index (Phi) is 9.67. The normalized spacial score (nSPS) is 15.0. The minimum absolute atomic E-state index is 0.0506. The third-order valence-electron chi connectivity index (χ3n) is 6.72. The quantitative estimate of drug-likeness (QED) is 0.169. The van der Waals surface area contributed by atoms with Crippen LogP contribution in [0.2, 0.25) is 0 Å². The molecule has 1 aliphatic heterocycles. The number of hydrogen-bond acceptors (Lipinski definition) is 8. The third kappa shape index (κ3) is 7.44. The number of methoxy groups -OCH3 is 1. The molecule has 2 aromatic rings. The number of fused-ring (bicyclic) bond motifs is 1. The van der Waals surface area contributed by atoms with Crippen molar-refractivity contribution in [2.75, 3.05) is 13.7 Å². The highest BCUT2D eigenvalue weighted by atomic mass is 32.2. The molecule has 1 aliphatic rings. The second-order valence-electron chi connectivity index (χ2n) is 10.3. The summed E-state index contributed by atoms with van der Waals surface area (Å²) in [5.74, 6) is -0.184. The zero-order chi connectivity index (χ0) is 29.7. The molecule has 0 unspecified atom stereocenters.